The van der Waals surface area contributed by atoms with E-state index in [2.05, 4.69) is 0 Å². The number of aliphatic carboxylic acids is 1. The van der Waals surface area contributed by atoms with Crippen molar-refractivity contribution < 1.29 is 28.8 Å². The lowest BCUT2D eigenvalue weighted by molar-refractivity contribution is -0.352. The molecule has 0 N–H and O–H groups in total. The first-order valence-corrected chi connectivity index (χ1v) is 4.31. The van der Waals surface area contributed by atoms with Crippen LogP contribution in [-0.2, 0) is 23.7 Å². The predicted octanol–water partition coefficient (Wildman–Crippen LogP) is -1.02. The maximum atomic E-state index is 11.1. The maximum Gasteiger partial charge on any atom is 0.172 e. The monoisotopic (exact) mass is 221 g/mol. The van der Waals surface area contributed by atoms with E-state index in [1.807, 2.05) is 0 Å². The van der Waals surface area contributed by atoms with E-state index in [4.69, 9.17) is 18.9 Å². The lowest BCUT2D eigenvalue weighted by atomic mass is 9.88. The van der Waals surface area contributed by atoms with Crippen molar-refractivity contribution in [2.24, 2.45) is 5.41 Å². The Bertz CT molecular complexity index is 185. The summed E-state index contributed by atoms with van der Waals surface area (Å²) in [5, 5.41) is 11.1. The third kappa shape index (κ3) is 2.66. The molecule has 15 heavy (non-hydrogen) atoms. The van der Waals surface area contributed by atoms with Crippen LogP contribution in [0.25, 0.3) is 0 Å². The molecule has 0 atom stereocenters. The van der Waals surface area contributed by atoms with Crippen LogP contribution in [0.2, 0.25) is 0 Å². The highest BCUT2D eigenvalue weighted by Gasteiger charge is 2.45. The molecule has 0 aliphatic heterocycles. The first-order valence-electron chi connectivity index (χ1n) is 4.31. The van der Waals surface area contributed by atoms with Crippen molar-refractivity contribution in [3.8, 4) is 0 Å². The zero-order chi connectivity index (χ0) is 12.1. The summed E-state index contributed by atoms with van der Waals surface area (Å²) in [7, 11) is 5.32. The Morgan fingerprint density at radius 2 is 1.27 bits per heavy atom. The maximum absolute atomic E-state index is 11.1. The summed E-state index contributed by atoms with van der Waals surface area (Å²) < 4.78 is 19.6. The van der Waals surface area contributed by atoms with Crippen LogP contribution in [0, 0.1) is 5.41 Å². The van der Waals surface area contributed by atoms with Gasteiger partial charge in [0.2, 0.25) is 0 Å². The number of ether oxygens (including phenoxy) is 4. The zero-order valence-corrected chi connectivity index (χ0v) is 9.60. The molecule has 0 bridgehead atoms. The quantitative estimate of drug-likeness (QED) is 0.512. The van der Waals surface area contributed by atoms with E-state index in [1.165, 1.54) is 35.4 Å². The van der Waals surface area contributed by atoms with Crippen molar-refractivity contribution in [1.82, 2.24) is 0 Å². The van der Waals surface area contributed by atoms with Gasteiger partial charge in [0.05, 0.1) is 5.97 Å². The van der Waals surface area contributed by atoms with Crippen LogP contribution in [-0.4, -0.2) is 47.0 Å². The van der Waals surface area contributed by atoms with E-state index < -0.39 is 24.0 Å². The average Bonchev–Trinajstić information content (AvgIpc) is 2.21. The minimum atomic E-state index is -1.55. The molecule has 0 amide bonds. The molecule has 6 nitrogen and oxygen atoms in total. The Kier molecular flexibility index (Phi) is 5.74. The highest BCUT2D eigenvalue weighted by atomic mass is 16.7. The fourth-order valence-corrected chi connectivity index (χ4v) is 1.48. The fourth-order valence-electron chi connectivity index (χ4n) is 1.48. The van der Waals surface area contributed by atoms with Gasteiger partial charge in [-0.15, -0.1) is 0 Å². The Morgan fingerprint density at radius 1 is 1.00 bits per heavy atom. The summed E-state index contributed by atoms with van der Waals surface area (Å²) in [5.41, 5.74) is -1.55. The number of carbonyl (C=O) groups excluding carboxylic acids is 1. The SMILES string of the molecule is COC(OC)C(C)(C(=O)[O-])C(OC)OC. The van der Waals surface area contributed by atoms with Crippen molar-refractivity contribution in [2.75, 3.05) is 28.4 Å². The number of hydrogen-bond acceptors (Lipinski definition) is 6. The summed E-state index contributed by atoms with van der Waals surface area (Å²) in [5.74, 6) is -1.37. The van der Waals surface area contributed by atoms with Crippen molar-refractivity contribution >= 4 is 5.97 Å². The molecule has 0 aromatic heterocycles. The number of rotatable bonds is 7. The Labute approximate surface area is 89.1 Å². The largest absolute Gasteiger partial charge is 0.549 e. The van der Waals surface area contributed by atoms with Crippen molar-refractivity contribution in [2.45, 2.75) is 19.5 Å². The van der Waals surface area contributed by atoms with Gasteiger partial charge in [0.25, 0.3) is 0 Å². The molecule has 0 spiro atoms. The number of carbonyl (C=O) groups is 1. The molecule has 0 fully saturated rings. The molecular formula is C9H17O6-. The standard InChI is InChI=1S/C9H18O6/c1-9(6(10)11,7(12-2)13-3)8(14-4)15-5/h7-8H,1-5H3,(H,10,11)/p-1. The van der Waals surface area contributed by atoms with Gasteiger partial charge < -0.3 is 28.8 Å². The second kappa shape index (κ2) is 6.02. The molecule has 0 aliphatic carbocycles. The molecule has 0 aromatic rings. The van der Waals surface area contributed by atoms with E-state index in [1.54, 1.807) is 0 Å². The summed E-state index contributed by atoms with van der Waals surface area (Å²) >= 11 is 0. The number of methoxy groups -OCH3 is 4. The van der Waals surface area contributed by atoms with Gasteiger partial charge in [-0.3, -0.25) is 0 Å². The molecule has 0 rings (SSSR count). The molecule has 0 radical (unpaired) electrons. The van der Waals surface area contributed by atoms with Crippen molar-refractivity contribution in [3.05, 3.63) is 0 Å². The molecule has 0 unspecified atom stereocenters. The third-order valence-electron chi connectivity index (χ3n) is 2.28. The Morgan fingerprint density at radius 3 is 1.40 bits per heavy atom. The van der Waals surface area contributed by atoms with Crippen LogP contribution in [0.1, 0.15) is 6.92 Å². The average molecular weight is 221 g/mol. The summed E-state index contributed by atoms with van der Waals surface area (Å²) in [6.07, 6.45) is -2.04. The Hall–Kier alpha value is -0.690. The molecule has 0 aliphatic rings. The van der Waals surface area contributed by atoms with E-state index in [0.29, 0.717) is 0 Å². The van der Waals surface area contributed by atoms with E-state index in [9.17, 15) is 9.90 Å². The number of hydrogen-bond donors (Lipinski definition) is 0. The van der Waals surface area contributed by atoms with Gasteiger partial charge in [0.1, 0.15) is 5.41 Å². The summed E-state index contributed by atoms with van der Waals surface area (Å²) in [6.45, 7) is 1.37. The van der Waals surface area contributed by atoms with Gasteiger partial charge in [-0.25, -0.2) is 0 Å². The highest BCUT2D eigenvalue weighted by molar-refractivity contribution is 5.73. The van der Waals surface area contributed by atoms with Gasteiger partial charge in [0.15, 0.2) is 12.6 Å². The predicted molar refractivity (Wildman–Crippen MR) is 48.7 cm³/mol. The summed E-state index contributed by atoms with van der Waals surface area (Å²) in [6, 6.07) is 0. The van der Waals surface area contributed by atoms with Crippen LogP contribution in [0.3, 0.4) is 0 Å². The minimum absolute atomic E-state index is 1.02. The molecule has 0 saturated heterocycles. The van der Waals surface area contributed by atoms with Crippen LogP contribution >= 0.6 is 0 Å². The highest BCUT2D eigenvalue weighted by Crippen LogP contribution is 2.30. The van der Waals surface area contributed by atoms with Crippen LogP contribution in [0.4, 0.5) is 0 Å². The second-order valence-electron chi connectivity index (χ2n) is 3.18. The van der Waals surface area contributed by atoms with E-state index in [0.717, 1.165) is 0 Å². The molecule has 90 valence electrons. The number of carboxylic acid groups (broad SMARTS) is 1. The normalized spacial score (nSPS) is 12.5. The van der Waals surface area contributed by atoms with Crippen LogP contribution < -0.4 is 5.11 Å². The second-order valence-corrected chi connectivity index (χ2v) is 3.18. The van der Waals surface area contributed by atoms with Crippen molar-refractivity contribution in [1.29, 1.82) is 0 Å². The van der Waals surface area contributed by atoms with E-state index in [-0.39, 0.29) is 0 Å². The molecule has 6 heteroatoms. The van der Waals surface area contributed by atoms with Gasteiger partial charge >= 0.3 is 0 Å². The van der Waals surface area contributed by atoms with E-state index >= 15 is 0 Å². The lowest BCUT2D eigenvalue weighted by Crippen LogP contribution is -2.57. The lowest BCUT2D eigenvalue weighted by Gasteiger charge is -2.40. The van der Waals surface area contributed by atoms with Gasteiger partial charge in [-0.2, -0.15) is 0 Å². The molecule has 0 saturated carbocycles. The smallest absolute Gasteiger partial charge is 0.172 e. The minimum Gasteiger partial charge on any atom is -0.549 e. The van der Waals surface area contributed by atoms with Crippen molar-refractivity contribution in [3.63, 3.8) is 0 Å². The third-order valence-corrected chi connectivity index (χ3v) is 2.28. The first kappa shape index (κ1) is 14.3. The van der Waals surface area contributed by atoms with Gasteiger partial charge in [-0.1, -0.05) is 0 Å². The molecule has 0 heterocycles. The summed E-state index contributed by atoms with van der Waals surface area (Å²) in [4.78, 5) is 11.1. The van der Waals surface area contributed by atoms with Gasteiger partial charge in [0, 0.05) is 28.4 Å². The van der Waals surface area contributed by atoms with Crippen LogP contribution in [0.5, 0.6) is 0 Å². The van der Waals surface area contributed by atoms with Gasteiger partial charge in [-0.05, 0) is 6.92 Å². The topological polar surface area (TPSA) is 77.1 Å². The Balaban J connectivity index is 5.10. The fraction of sp³-hybridized carbons (Fsp3) is 0.889. The zero-order valence-electron chi connectivity index (χ0n) is 9.60. The number of carboxylic acids is 1. The molecular weight excluding hydrogens is 204 g/mol. The molecule has 0 aromatic carbocycles. The first-order chi connectivity index (χ1) is 6.98. The van der Waals surface area contributed by atoms with Crippen LogP contribution in [0.15, 0.2) is 0 Å².